The molecule has 0 aromatic heterocycles. The highest BCUT2D eigenvalue weighted by atomic mass is 79.9. The quantitative estimate of drug-likeness (QED) is 0.795. The van der Waals surface area contributed by atoms with Gasteiger partial charge >= 0.3 is 0 Å². The third-order valence-corrected chi connectivity index (χ3v) is 4.77. The van der Waals surface area contributed by atoms with E-state index < -0.39 is 0 Å². The molecule has 3 rings (SSSR count). The Morgan fingerprint density at radius 3 is 2.71 bits per heavy atom. The lowest BCUT2D eigenvalue weighted by Crippen LogP contribution is -2.37. The maximum Gasteiger partial charge on any atom is 0.251 e. The van der Waals surface area contributed by atoms with Gasteiger partial charge in [0.25, 0.3) is 5.91 Å². The minimum atomic E-state index is -0.0260. The van der Waals surface area contributed by atoms with Crippen molar-refractivity contribution in [2.75, 3.05) is 13.1 Å². The minimum Gasteiger partial charge on any atom is -0.488 e. The van der Waals surface area contributed by atoms with Crippen LogP contribution in [0.2, 0.25) is 0 Å². The number of para-hydroxylation sites is 1. The van der Waals surface area contributed by atoms with E-state index in [4.69, 9.17) is 4.74 Å². The first-order valence-corrected chi connectivity index (χ1v) is 8.99. The number of hydrogen-bond donors (Lipinski definition) is 2. The molecule has 1 atom stereocenters. The summed E-state index contributed by atoms with van der Waals surface area (Å²) in [5.74, 6) is 0.783. The van der Waals surface area contributed by atoms with E-state index in [9.17, 15) is 4.79 Å². The Hall–Kier alpha value is -1.85. The molecule has 0 aliphatic carbocycles. The topological polar surface area (TPSA) is 50.4 Å². The van der Waals surface area contributed by atoms with Crippen molar-refractivity contribution in [2.45, 2.75) is 25.5 Å². The molecule has 1 amide bonds. The summed E-state index contributed by atoms with van der Waals surface area (Å²) in [6.45, 7) is 2.20. The maximum absolute atomic E-state index is 12.2. The number of benzene rings is 2. The molecule has 1 unspecified atom stereocenters. The van der Waals surface area contributed by atoms with Gasteiger partial charge in [0.15, 0.2) is 0 Å². The van der Waals surface area contributed by atoms with Crippen LogP contribution in [0, 0.1) is 0 Å². The van der Waals surface area contributed by atoms with E-state index in [2.05, 4.69) is 26.6 Å². The molecule has 0 radical (unpaired) electrons. The van der Waals surface area contributed by atoms with Crippen molar-refractivity contribution in [3.8, 4) is 5.75 Å². The van der Waals surface area contributed by atoms with Crippen LogP contribution in [0.5, 0.6) is 5.75 Å². The molecule has 1 aliphatic heterocycles. The zero-order valence-corrected chi connectivity index (χ0v) is 15.0. The molecule has 126 valence electrons. The van der Waals surface area contributed by atoms with Crippen LogP contribution in [0.3, 0.4) is 0 Å². The van der Waals surface area contributed by atoms with E-state index in [1.165, 1.54) is 6.42 Å². The van der Waals surface area contributed by atoms with Crippen LogP contribution in [-0.2, 0) is 6.61 Å². The number of amides is 1. The smallest absolute Gasteiger partial charge is 0.251 e. The lowest BCUT2D eigenvalue weighted by atomic mass is 10.1. The molecule has 1 saturated heterocycles. The number of carbonyl (C=O) groups excluding carboxylic acids is 1. The Bertz CT molecular complexity index is 682. The molecule has 2 aromatic carbocycles. The summed E-state index contributed by atoms with van der Waals surface area (Å²) >= 11 is 3.46. The highest BCUT2D eigenvalue weighted by Crippen LogP contribution is 2.24. The van der Waals surface area contributed by atoms with E-state index in [1.54, 1.807) is 0 Å². The van der Waals surface area contributed by atoms with E-state index in [0.717, 1.165) is 28.8 Å². The molecule has 0 spiro atoms. The molecule has 1 fully saturated rings. The normalized spacial score (nSPS) is 16.8. The number of ether oxygens (including phenoxy) is 1. The monoisotopic (exact) mass is 388 g/mol. The van der Waals surface area contributed by atoms with Crippen molar-refractivity contribution in [3.05, 3.63) is 64.1 Å². The van der Waals surface area contributed by atoms with Crippen LogP contribution < -0.4 is 15.4 Å². The third kappa shape index (κ3) is 4.58. The van der Waals surface area contributed by atoms with Crippen molar-refractivity contribution in [1.29, 1.82) is 0 Å². The zero-order valence-electron chi connectivity index (χ0n) is 13.4. The Labute approximate surface area is 150 Å². The van der Waals surface area contributed by atoms with Gasteiger partial charge in [0, 0.05) is 18.2 Å². The van der Waals surface area contributed by atoms with Gasteiger partial charge in [-0.1, -0.05) is 24.3 Å². The van der Waals surface area contributed by atoms with Crippen LogP contribution in [0.4, 0.5) is 0 Å². The molecule has 0 saturated carbocycles. The summed E-state index contributed by atoms with van der Waals surface area (Å²) in [4.78, 5) is 12.2. The van der Waals surface area contributed by atoms with Gasteiger partial charge < -0.3 is 15.4 Å². The second kappa shape index (κ2) is 8.31. The fourth-order valence-corrected chi connectivity index (χ4v) is 3.12. The molecule has 24 heavy (non-hydrogen) atoms. The van der Waals surface area contributed by atoms with Gasteiger partial charge in [-0.15, -0.1) is 0 Å². The average Bonchev–Trinajstić information content (AvgIpc) is 3.13. The summed E-state index contributed by atoms with van der Waals surface area (Å²) in [5, 5.41) is 6.36. The third-order valence-electron chi connectivity index (χ3n) is 4.12. The Morgan fingerprint density at radius 2 is 2.00 bits per heavy atom. The molecule has 1 heterocycles. The van der Waals surface area contributed by atoms with E-state index >= 15 is 0 Å². The van der Waals surface area contributed by atoms with E-state index in [0.29, 0.717) is 24.8 Å². The van der Waals surface area contributed by atoms with Crippen LogP contribution in [0.15, 0.2) is 53.0 Å². The van der Waals surface area contributed by atoms with Crippen molar-refractivity contribution in [3.63, 3.8) is 0 Å². The number of rotatable bonds is 6. The summed E-state index contributed by atoms with van der Waals surface area (Å²) in [5.41, 5.74) is 1.71. The first kappa shape index (κ1) is 17.0. The summed E-state index contributed by atoms with van der Waals surface area (Å²) in [6, 6.07) is 15.7. The Balaban J connectivity index is 1.51. The Morgan fingerprint density at radius 1 is 1.21 bits per heavy atom. The molecular weight excluding hydrogens is 368 g/mol. The second-order valence-electron chi connectivity index (χ2n) is 5.92. The molecular formula is C19H21BrN2O2. The molecule has 5 heteroatoms. The lowest BCUT2D eigenvalue weighted by molar-refractivity contribution is 0.0950. The average molecular weight is 389 g/mol. The van der Waals surface area contributed by atoms with E-state index in [1.807, 2.05) is 48.5 Å². The van der Waals surface area contributed by atoms with Crippen LogP contribution >= 0.6 is 15.9 Å². The minimum absolute atomic E-state index is 0.0260. The van der Waals surface area contributed by atoms with Gasteiger partial charge in [-0.2, -0.15) is 0 Å². The maximum atomic E-state index is 12.2. The first-order chi connectivity index (χ1) is 11.7. The highest BCUT2D eigenvalue weighted by molar-refractivity contribution is 9.10. The predicted octanol–water partition coefficient (Wildman–Crippen LogP) is 3.51. The van der Waals surface area contributed by atoms with Gasteiger partial charge in [0.05, 0.1) is 4.47 Å². The van der Waals surface area contributed by atoms with Crippen molar-refractivity contribution >= 4 is 21.8 Å². The lowest BCUT2D eigenvalue weighted by Gasteiger charge is -2.12. The first-order valence-electron chi connectivity index (χ1n) is 8.20. The van der Waals surface area contributed by atoms with Crippen molar-refractivity contribution in [2.24, 2.45) is 0 Å². The summed E-state index contributed by atoms with van der Waals surface area (Å²) in [7, 11) is 0. The summed E-state index contributed by atoms with van der Waals surface area (Å²) < 4.78 is 6.71. The van der Waals surface area contributed by atoms with Gasteiger partial charge in [0.2, 0.25) is 0 Å². The fraction of sp³-hybridized carbons (Fsp3) is 0.316. The number of hydrogen-bond acceptors (Lipinski definition) is 3. The predicted molar refractivity (Wildman–Crippen MR) is 98.3 cm³/mol. The number of carbonyl (C=O) groups is 1. The molecule has 1 aliphatic rings. The van der Waals surface area contributed by atoms with Gasteiger partial charge in [-0.25, -0.2) is 0 Å². The molecule has 0 bridgehead atoms. The van der Waals surface area contributed by atoms with Crippen molar-refractivity contribution in [1.82, 2.24) is 10.6 Å². The molecule has 2 N–H and O–H groups in total. The largest absolute Gasteiger partial charge is 0.488 e. The fourth-order valence-electron chi connectivity index (χ4n) is 2.72. The van der Waals surface area contributed by atoms with Gasteiger partial charge in [-0.3, -0.25) is 4.79 Å². The summed E-state index contributed by atoms with van der Waals surface area (Å²) in [6.07, 6.45) is 2.32. The number of nitrogens with one attached hydrogen (secondary N) is 2. The number of halogens is 1. The van der Waals surface area contributed by atoms with Crippen LogP contribution in [0.1, 0.15) is 28.8 Å². The molecule has 2 aromatic rings. The second-order valence-corrected chi connectivity index (χ2v) is 6.77. The SMILES string of the molecule is O=C(NCC1CCCN1)c1ccc(COc2ccccc2Br)cc1. The highest BCUT2D eigenvalue weighted by Gasteiger charge is 2.15. The van der Waals surface area contributed by atoms with Gasteiger partial charge in [-0.05, 0) is 65.1 Å². The van der Waals surface area contributed by atoms with Gasteiger partial charge in [0.1, 0.15) is 12.4 Å². The van der Waals surface area contributed by atoms with Crippen LogP contribution in [-0.4, -0.2) is 25.0 Å². The standard InChI is InChI=1S/C19H21BrN2O2/c20-17-5-1-2-6-18(17)24-13-14-7-9-15(10-8-14)19(23)22-12-16-4-3-11-21-16/h1-2,5-10,16,21H,3-4,11-13H2,(H,22,23). The van der Waals surface area contributed by atoms with Crippen LogP contribution in [0.25, 0.3) is 0 Å². The molecule has 4 nitrogen and oxygen atoms in total. The zero-order chi connectivity index (χ0) is 16.8. The van der Waals surface area contributed by atoms with E-state index in [-0.39, 0.29) is 5.91 Å². The Kier molecular flexibility index (Phi) is 5.88. The van der Waals surface area contributed by atoms with Crippen molar-refractivity contribution < 1.29 is 9.53 Å².